The van der Waals surface area contributed by atoms with Crippen molar-refractivity contribution in [2.24, 2.45) is 0 Å². The summed E-state index contributed by atoms with van der Waals surface area (Å²) < 4.78 is 17.9. The fourth-order valence-corrected chi connectivity index (χ4v) is 3.47. The van der Waals surface area contributed by atoms with E-state index < -0.39 is 30.4 Å². The Morgan fingerprint density at radius 2 is 2.20 bits per heavy atom. The van der Waals surface area contributed by atoms with Crippen LogP contribution in [0.25, 0.3) is 10.3 Å². The lowest BCUT2D eigenvalue weighted by molar-refractivity contribution is -0.152. The monoisotopic (exact) mass is 368 g/mol. The molecular weight excluding hydrogens is 352 g/mol. The molecule has 11 heteroatoms. The van der Waals surface area contributed by atoms with Crippen molar-refractivity contribution < 1.29 is 23.8 Å². The average Bonchev–Trinajstić information content (AvgIpc) is 3.04. The Bertz CT molecular complexity index is 878. The standard InChI is InChI=1S/C14H16N4O6S/c1-6(19)22-5-8-3-9(23-7(2)20)12(24-8)18-11-10(25-14(18)21)4-16-13(15)17-11/h4,8-9,12H,3,5H2,1-2H3,(H2,15,16,17)/t8?,9-,12?/m1/s1. The molecule has 1 saturated heterocycles. The van der Waals surface area contributed by atoms with Gasteiger partial charge in [-0.1, -0.05) is 11.3 Å². The number of carbonyl (C=O) groups excluding carboxylic acids is 2. The van der Waals surface area contributed by atoms with Crippen LogP contribution < -0.4 is 10.6 Å². The number of nitrogen functional groups attached to an aromatic ring is 1. The molecule has 3 heterocycles. The second-order valence-electron chi connectivity index (χ2n) is 5.49. The van der Waals surface area contributed by atoms with Crippen LogP contribution in [0.5, 0.6) is 0 Å². The molecule has 0 amide bonds. The van der Waals surface area contributed by atoms with Gasteiger partial charge in [0.2, 0.25) is 5.95 Å². The van der Waals surface area contributed by atoms with Crippen molar-refractivity contribution in [2.75, 3.05) is 12.3 Å². The van der Waals surface area contributed by atoms with E-state index in [1.165, 1.54) is 24.6 Å². The summed E-state index contributed by atoms with van der Waals surface area (Å²) in [6, 6.07) is 0. The Hall–Kier alpha value is -2.53. The lowest BCUT2D eigenvalue weighted by atomic mass is 10.2. The van der Waals surface area contributed by atoms with Gasteiger partial charge in [-0.3, -0.25) is 19.0 Å². The number of thiazole rings is 1. The molecule has 0 aliphatic carbocycles. The maximum atomic E-state index is 12.4. The Morgan fingerprint density at radius 3 is 2.88 bits per heavy atom. The van der Waals surface area contributed by atoms with Crippen LogP contribution in [-0.4, -0.2) is 45.3 Å². The number of hydrogen-bond acceptors (Lipinski definition) is 10. The molecule has 2 N–H and O–H groups in total. The third-order valence-electron chi connectivity index (χ3n) is 3.57. The van der Waals surface area contributed by atoms with E-state index in [0.29, 0.717) is 10.3 Å². The summed E-state index contributed by atoms with van der Waals surface area (Å²) in [6.45, 7) is 2.55. The zero-order chi connectivity index (χ0) is 18.1. The van der Waals surface area contributed by atoms with Gasteiger partial charge in [-0.15, -0.1) is 0 Å². The molecule has 3 atom stereocenters. The van der Waals surface area contributed by atoms with Gasteiger partial charge in [0.1, 0.15) is 12.7 Å². The van der Waals surface area contributed by atoms with Crippen molar-refractivity contribution in [3.8, 4) is 0 Å². The second-order valence-corrected chi connectivity index (χ2v) is 6.48. The molecule has 0 radical (unpaired) electrons. The van der Waals surface area contributed by atoms with E-state index in [2.05, 4.69) is 9.97 Å². The summed E-state index contributed by atoms with van der Waals surface area (Å²) in [6.07, 6.45) is -0.391. The predicted octanol–water partition coefficient (Wildman–Crippen LogP) is 0.217. The maximum absolute atomic E-state index is 12.4. The van der Waals surface area contributed by atoms with Crippen LogP contribution >= 0.6 is 11.3 Å². The molecule has 10 nitrogen and oxygen atoms in total. The second kappa shape index (κ2) is 6.76. The van der Waals surface area contributed by atoms with Crippen LogP contribution in [0.15, 0.2) is 11.0 Å². The lowest BCUT2D eigenvalue weighted by Crippen LogP contribution is -2.30. The fourth-order valence-electron chi connectivity index (χ4n) is 2.65. The number of nitrogens with two attached hydrogens (primary N) is 1. The number of ether oxygens (including phenoxy) is 3. The topological polar surface area (TPSA) is 136 Å². The van der Waals surface area contributed by atoms with Crippen molar-refractivity contribution in [2.45, 2.75) is 38.7 Å². The van der Waals surface area contributed by atoms with Crippen LogP contribution in [-0.2, 0) is 23.8 Å². The SMILES string of the molecule is CC(=O)OCC1C[C@@H](OC(C)=O)C(n2c(=O)sc3cnc(N)nc32)O1. The summed E-state index contributed by atoms with van der Waals surface area (Å²) in [5.74, 6) is -0.944. The maximum Gasteiger partial charge on any atom is 0.311 e. The Labute approximate surface area is 145 Å². The number of hydrogen-bond donors (Lipinski definition) is 1. The van der Waals surface area contributed by atoms with Crippen molar-refractivity contribution >= 4 is 39.6 Å². The van der Waals surface area contributed by atoms with Crippen LogP contribution in [0, 0.1) is 0 Å². The highest BCUT2D eigenvalue weighted by Crippen LogP contribution is 2.33. The summed E-state index contributed by atoms with van der Waals surface area (Å²) in [5.41, 5.74) is 5.91. The molecule has 2 aromatic rings. The van der Waals surface area contributed by atoms with Gasteiger partial charge < -0.3 is 19.9 Å². The number of carbonyl (C=O) groups is 2. The molecule has 1 aliphatic rings. The van der Waals surface area contributed by atoms with Gasteiger partial charge in [-0.2, -0.15) is 4.98 Å². The predicted molar refractivity (Wildman–Crippen MR) is 86.8 cm³/mol. The van der Waals surface area contributed by atoms with Crippen molar-refractivity contribution in [3.63, 3.8) is 0 Å². The summed E-state index contributed by atoms with van der Waals surface area (Å²) in [7, 11) is 0. The van der Waals surface area contributed by atoms with Gasteiger partial charge in [0.25, 0.3) is 0 Å². The first-order valence-corrected chi connectivity index (χ1v) is 8.26. The first kappa shape index (κ1) is 17.3. The molecule has 1 fully saturated rings. The first-order valence-electron chi connectivity index (χ1n) is 7.44. The van der Waals surface area contributed by atoms with Gasteiger partial charge in [-0.05, 0) is 0 Å². The van der Waals surface area contributed by atoms with E-state index in [4.69, 9.17) is 19.9 Å². The van der Waals surface area contributed by atoms with Crippen LogP contribution in [0.3, 0.4) is 0 Å². The zero-order valence-corrected chi connectivity index (χ0v) is 14.3. The molecule has 0 spiro atoms. The lowest BCUT2D eigenvalue weighted by Gasteiger charge is -2.19. The van der Waals surface area contributed by atoms with Gasteiger partial charge in [0, 0.05) is 20.3 Å². The fraction of sp³-hybridized carbons (Fsp3) is 0.500. The quantitative estimate of drug-likeness (QED) is 0.751. The molecule has 0 aromatic carbocycles. The molecule has 25 heavy (non-hydrogen) atoms. The highest BCUT2D eigenvalue weighted by atomic mass is 32.1. The van der Waals surface area contributed by atoms with E-state index in [9.17, 15) is 14.4 Å². The Morgan fingerprint density at radius 1 is 1.44 bits per heavy atom. The van der Waals surface area contributed by atoms with Crippen molar-refractivity contribution in [1.29, 1.82) is 0 Å². The number of nitrogens with zero attached hydrogens (tertiary/aromatic N) is 3. The number of fused-ring (bicyclic) bond motifs is 1. The van der Waals surface area contributed by atoms with E-state index in [1.807, 2.05) is 0 Å². The molecule has 2 aromatic heterocycles. The van der Waals surface area contributed by atoms with E-state index in [-0.39, 0.29) is 23.8 Å². The molecule has 0 saturated carbocycles. The minimum atomic E-state index is -0.889. The van der Waals surface area contributed by atoms with Gasteiger partial charge in [0.05, 0.1) is 17.0 Å². The Kier molecular flexibility index (Phi) is 4.68. The average molecular weight is 368 g/mol. The molecule has 134 valence electrons. The van der Waals surface area contributed by atoms with Crippen LogP contribution in [0.4, 0.5) is 5.95 Å². The zero-order valence-electron chi connectivity index (χ0n) is 13.5. The van der Waals surface area contributed by atoms with Gasteiger partial charge in [-0.25, -0.2) is 4.98 Å². The largest absolute Gasteiger partial charge is 0.463 e. The third kappa shape index (κ3) is 3.61. The summed E-state index contributed by atoms with van der Waals surface area (Å²) in [5, 5.41) is 0. The number of anilines is 1. The molecule has 3 rings (SSSR count). The highest BCUT2D eigenvalue weighted by Gasteiger charge is 2.41. The van der Waals surface area contributed by atoms with Crippen molar-refractivity contribution in [1.82, 2.24) is 14.5 Å². The highest BCUT2D eigenvalue weighted by molar-refractivity contribution is 7.16. The Balaban J connectivity index is 1.96. The molecule has 0 bridgehead atoms. The van der Waals surface area contributed by atoms with Gasteiger partial charge in [0.15, 0.2) is 11.9 Å². The molecular formula is C14H16N4O6S. The third-order valence-corrected chi connectivity index (χ3v) is 4.45. The number of aromatic nitrogens is 3. The van der Waals surface area contributed by atoms with Crippen LogP contribution in [0.1, 0.15) is 26.5 Å². The van der Waals surface area contributed by atoms with E-state index >= 15 is 0 Å². The van der Waals surface area contributed by atoms with E-state index in [0.717, 1.165) is 11.3 Å². The molecule has 2 unspecified atom stereocenters. The smallest absolute Gasteiger partial charge is 0.311 e. The number of esters is 2. The van der Waals surface area contributed by atoms with E-state index in [1.54, 1.807) is 0 Å². The van der Waals surface area contributed by atoms with Crippen LogP contribution in [0.2, 0.25) is 0 Å². The minimum absolute atomic E-state index is 0.00244. The summed E-state index contributed by atoms with van der Waals surface area (Å²) >= 11 is 0.936. The minimum Gasteiger partial charge on any atom is -0.463 e. The molecule has 1 aliphatic heterocycles. The first-order chi connectivity index (χ1) is 11.8. The normalized spacial score (nSPS) is 22.9. The summed E-state index contributed by atoms with van der Waals surface area (Å²) in [4.78, 5) is 42.4. The van der Waals surface area contributed by atoms with Crippen molar-refractivity contribution in [3.05, 3.63) is 15.9 Å². The van der Waals surface area contributed by atoms with Gasteiger partial charge >= 0.3 is 16.8 Å². The number of rotatable bonds is 4.